The molecule has 0 fully saturated rings. The quantitative estimate of drug-likeness (QED) is 0.0320. The standard InChI is InChI=1S/C70H137NO5/c1-3-5-7-9-11-13-15-16-41-44-48-52-56-60-64-70(75)76-65-61-57-53-49-45-42-39-37-35-33-31-29-27-25-23-21-19-17-18-20-22-24-26-28-30-32-34-36-38-40-43-47-51-55-59-63-69(74)71-67(66-72)68(73)62-58-54-50-46-14-12-10-8-6-4-2/h15-16,67-68,72-73H,3-14,17-66H2,1-2H3,(H,71,74)/b16-15-. The summed E-state index contributed by atoms with van der Waals surface area (Å²) in [6.45, 7) is 4.96. The molecule has 452 valence electrons. The molecule has 0 aliphatic rings. The van der Waals surface area contributed by atoms with E-state index in [0.29, 0.717) is 25.9 Å². The van der Waals surface area contributed by atoms with E-state index in [2.05, 4.69) is 31.3 Å². The highest BCUT2D eigenvalue weighted by molar-refractivity contribution is 5.76. The van der Waals surface area contributed by atoms with E-state index in [1.54, 1.807) is 0 Å². The number of allylic oxidation sites excluding steroid dienone is 2. The van der Waals surface area contributed by atoms with Crippen LogP contribution in [0.2, 0.25) is 0 Å². The molecular weight excluding hydrogens is 935 g/mol. The van der Waals surface area contributed by atoms with Crippen LogP contribution < -0.4 is 5.32 Å². The van der Waals surface area contributed by atoms with Crippen molar-refractivity contribution in [2.75, 3.05) is 13.2 Å². The first-order valence-corrected chi connectivity index (χ1v) is 34.9. The summed E-state index contributed by atoms with van der Waals surface area (Å²) in [5.41, 5.74) is 0. The van der Waals surface area contributed by atoms with Gasteiger partial charge in [0.05, 0.1) is 25.4 Å². The first-order valence-electron chi connectivity index (χ1n) is 34.9. The fraction of sp³-hybridized carbons (Fsp3) is 0.943. The molecule has 0 saturated carbocycles. The zero-order valence-electron chi connectivity index (χ0n) is 51.8. The summed E-state index contributed by atoms with van der Waals surface area (Å²) in [5.74, 6) is -0.0145. The molecule has 3 N–H and O–H groups in total. The number of aliphatic hydroxyl groups is 2. The molecule has 0 spiro atoms. The number of amides is 1. The number of ether oxygens (including phenoxy) is 1. The van der Waals surface area contributed by atoms with E-state index in [9.17, 15) is 19.8 Å². The lowest BCUT2D eigenvalue weighted by atomic mass is 10.0. The van der Waals surface area contributed by atoms with Crippen LogP contribution >= 0.6 is 0 Å². The Morgan fingerprint density at radius 1 is 0.355 bits per heavy atom. The van der Waals surface area contributed by atoms with Crippen molar-refractivity contribution >= 4 is 11.9 Å². The molecule has 0 bridgehead atoms. The summed E-state index contributed by atoms with van der Waals surface area (Å²) in [6, 6.07) is -0.534. The first-order chi connectivity index (χ1) is 37.5. The second-order valence-corrected chi connectivity index (χ2v) is 24.2. The van der Waals surface area contributed by atoms with Crippen LogP contribution in [-0.4, -0.2) is 47.4 Å². The van der Waals surface area contributed by atoms with E-state index in [0.717, 1.165) is 44.9 Å². The third-order valence-electron chi connectivity index (χ3n) is 16.6. The Bertz CT molecular complexity index is 1140. The molecule has 0 radical (unpaired) electrons. The van der Waals surface area contributed by atoms with E-state index in [1.165, 1.54) is 321 Å². The van der Waals surface area contributed by atoms with Crippen LogP contribution in [-0.2, 0) is 14.3 Å². The van der Waals surface area contributed by atoms with Gasteiger partial charge in [0.15, 0.2) is 0 Å². The molecule has 0 aromatic rings. The van der Waals surface area contributed by atoms with Gasteiger partial charge in [-0.05, 0) is 51.4 Å². The fourth-order valence-corrected chi connectivity index (χ4v) is 11.2. The molecule has 0 rings (SSSR count). The van der Waals surface area contributed by atoms with Gasteiger partial charge in [0.1, 0.15) is 0 Å². The lowest BCUT2D eigenvalue weighted by molar-refractivity contribution is -0.143. The average Bonchev–Trinajstić information content (AvgIpc) is 3.42. The first kappa shape index (κ1) is 74.6. The Hall–Kier alpha value is -1.40. The molecule has 0 aliphatic carbocycles. The average molecular weight is 1070 g/mol. The minimum atomic E-state index is -0.658. The molecule has 0 aliphatic heterocycles. The SMILES string of the molecule is CCCCCCC/C=C\CCCCCCCC(=O)OCCCCCCCCCCCCCCCCCCCCCCCCCCCCCCCCCCCCCC(=O)NC(CO)C(O)CCCCCCCCCCCC. The molecule has 2 atom stereocenters. The van der Waals surface area contributed by atoms with Crippen LogP contribution in [0.5, 0.6) is 0 Å². The topological polar surface area (TPSA) is 95.9 Å². The highest BCUT2D eigenvalue weighted by Gasteiger charge is 2.20. The molecule has 0 aromatic carbocycles. The van der Waals surface area contributed by atoms with Crippen molar-refractivity contribution in [2.45, 2.75) is 411 Å². The monoisotopic (exact) mass is 1070 g/mol. The molecule has 1 amide bonds. The number of carbonyl (C=O) groups is 2. The minimum absolute atomic E-state index is 0.0146. The predicted octanol–water partition coefficient (Wildman–Crippen LogP) is 22.4. The fourth-order valence-electron chi connectivity index (χ4n) is 11.2. The number of esters is 1. The molecule has 6 nitrogen and oxygen atoms in total. The number of aliphatic hydroxyl groups excluding tert-OH is 2. The minimum Gasteiger partial charge on any atom is -0.466 e. The lowest BCUT2D eigenvalue weighted by Crippen LogP contribution is -2.45. The summed E-state index contributed by atoms with van der Waals surface area (Å²) in [7, 11) is 0. The second-order valence-electron chi connectivity index (χ2n) is 24.2. The van der Waals surface area contributed by atoms with Gasteiger partial charge in [-0.3, -0.25) is 9.59 Å². The maximum atomic E-state index is 12.4. The van der Waals surface area contributed by atoms with Crippen molar-refractivity contribution in [3.05, 3.63) is 12.2 Å². The third-order valence-corrected chi connectivity index (χ3v) is 16.6. The highest BCUT2D eigenvalue weighted by atomic mass is 16.5. The number of carbonyl (C=O) groups excluding carboxylic acids is 2. The van der Waals surface area contributed by atoms with Crippen molar-refractivity contribution in [1.29, 1.82) is 0 Å². The molecule has 2 unspecified atom stereocenters. The van der Waals surface area contributed by atoms with Gasteiger partial charge in [-0.2, -0.15) is 0 Å². The van der Waals surface area contributed by atoms with Crippen molar-refractivity contribution in [1.82, 2.24) is 5.32 Å². The number of unbranched alkanes of at least 4 members (excludes halogenated alkanes) is 53. The van der Waals surface area contributed by atoms with E-state index >= 15 is 0 Å². The third kappa shape index (κ3) is 61.8. The molecule has 76 heavy (non-hydrogen) atoms. The van der Waals surface area contributed by atoms with Crippen LogP contribution in [0.15, 0.2) is 12.2 Å². The normalized spacial score (nSPS) is 12.5. The Balaban J connectivity index is 3.27. The molecule has 0 heterocycles. The summed E-state index contributed by atoms with van der Waals surface area (Å²) in [6.07, 6.45) is 81.4. The van der Waals surface area contributed by atoms with Gasteiger partial charge >= 0.3 is 5.97 Å². The molecular formula is C70H137NO5. The van der Waals surface area contributed by atoms with E-state index in [4.69, 9.17) is 4.74 Å². The Morgan fingerprint density at radius 3 is 0.934 bits per heavy atom. The Labute approximate surface area is 476 Å². The van der Waals surface area contributed by atoms with Crippen LogP contribution in [0, 0.1) is 0 Å². The van der Waals surface area contributed by atoms with Crippen LogP contribution in [0.3, 0.4) is 0 Å². The van der Waals surface area contributed by atoms with Gasteiger partial charge in [-0.15, -0.1) is 0 Å². The number of nitrogens with one attached hydrogen (secondary N) is 1. The van der Waals surface area contributed by atoms with Crippen molar-refractivity contribution < 1.29 is 24.5 Å². The van der Waals surface area contributed by atoms with Gasteiger partial charge in [0, 0.05) is 12.8 Å². The molecule has 6 heteroatoms. The van der Waals surface area contributed by atoms with E-state index in [-0.39, 0.29) is 18.5 Å². The maximum absolute atomic E-state index is 12.4. The van der Waals surface area contributed by atoms with Crippen molar-refractivity contribution in [3.63, 3.8) is 0 Å². The second kappa shape index (κ2) is 66.1. The van der Waals surface area contributed by atoms with Crippen LogP contribution in [0.1, 0.15) is 399 Å². The summed E-state index contributed by atoms with van der Waals surface area (Å²) in [5, 5.41) is 23.2. The Kier molecular flexibility index (Phi) is 64.9. The molecule has 0 saturated heterocycles. The van der Waals surface area contributed by atoms with Crippen molar-refractivity contribution in [2.24, 2.45) is 0 Å². The summed E-state index contributed by atoms with van der Waals surface area (Å²) >= 11 is 0. The lowest BCUT2D eigenvalue weighted by Gasteiger charge is -2.22. The number of hydrogen-bond donors (Lipinski definition) is 3. The van der Waals surface area contributed by atoms with Gasteiger partial charge in [-0.25, -0.2) is 0 Å². The maximum Gasteiger partial charge on any atom is 0.305 e. The highest BCUT2D eigenvalue weighted by Crippen LogP contribution is 2.19. The van der Waals surface area contributed by atoms with Crippen LogP contribution in [0.25, 0.3) is 0 Å². The zero-order chi connectivity index (χ0) is 55.0. The van der Waals surface area contributed by atoms with E-state index < -0.39 is 12.1 Å². The van der Waals surface area contributed by atoms with E-state index in [1.807, 2.05) is 0 Å². The largest absolute Gasteiger partial charge is 0.466 e. The van der Waals surface area contributed by atoms with Crippen molar-refractivity contribution in [3.8, 4) is 0 Å². The summed E-state index contributed by atoms with van der Waals surface area (Å²) < 4.78 is 5.49. The summed E-state index contributed by atoms with van der Waals surface area (Å²) in [4.78, 5) is 24.5. The van der Waals surface area contributed by atoms with Gasteiger partial charge < -0.3 is 20.3 Å². The Morgan fingerprint density at radius 2 is 0.618 bits per heavy atom. The predicted molar refractivity (Wildman–Crippen MR) is 333 cm³/mol. The van der Waals surface area contributed by atoms with Gasteiger partial charge in [-0.1, -0.05) is 347 Å². The van der Waals surface area contributed by atoms with Gasteiger partial charge in [0.2, 0.25) is 5.91 Å². The number of rotatable bonds is 66. The van der Waals surface area contributed by atoms with Crippen LogP contribution in [0.4, 0.5) is 0 Å². The van der Waals surface area contributed by atoms with Gasteiger partial charge in [0.25, 0.3) is 0 Å². The number of hydrogen-bond acceptors (Lipinski definition) is 5. The smallest absolute Gasteiger partial charge is 0.305 e. The zero-order valence-corrected chi connectivity index (χ0v) is 51.8. The molecule has 0 aromatic heterocycles.